The van der Waals surface area contributed by atoms with Gasteiger partial charge in [-0.05, 0) is 49.2 Å². The minimum absolute atomic E-state index is 0.753. The average molecular weight is 282 g/mol. The van der Waals surface area contributed by atoms with Crippen molar-refractivity contribution in [2.75, 3.05) is 31.9 Å². The molecule has 0 aromatic carbocycles. The van der Waals surface area contributed by atoms with E-state index in [9.17, 15) is 0 Å². The normalized spacial score (nSPS) is 20.2. The molecule has 1 aromatic heterocycles. The number of nitrogens with one attached hydrogen (secondary N) is 1. The molecule has 1 aliphatic heterocycles. The first-order valence-corrected chi connectivity index (χ1v) is 8.25. The Bertz CT molecular complexity index is 385. The Morgan fingerprint density at radius 1 is 1.21 bits per heavy atom. The van der Waals surface area contributed by atoms with Crippen LogP contribution in [0.15, 0.2) is 5.16 Å². The summed E-state index contributed by atoms with van der Waals surface area (Å²) >= 11 is 1.77. The summed E-state index contributed by atoms with van der Waals surface area (Å²) in [7, 11) is 0. The van der Waals surface area contributed by atoms with Crippen LogP contribution in [0.4, 0.5) is 0 Å². The summed E-state index contributed by atoms with van der Waals surface area (Å²) in [5, 5.41) is 16.4. The van der Waals surface area contributed by atoms with Gasteiger partial charge in [0.15, 0.2) is 0 Å². The smallest absolute Gasteiger partial charge is 0.209 e. The molecule has 1 saturated heterocycles. The number of likely N-dealkylation sites (tertiary alicyclic amines) is 1. The van der Waals surface area contributed by atoms with E-state index in [0.717, 1.165) is 36.6 Å². The fraction of sp³-hybridized carbons (Fsp3) is 0.917. The summed E-state index contributed by atoms with van der Waals surface area (Å²) < 4.78 is 1.92. The van der Waals surface area contributed by atoms with Crippen LogP contribution in [-0.2, 0) is 6.54 Å². The molecule has 1 aliphatic carbocycles. The molecule has 1 aromatic rings. The van der Waals surface area contributed by atoms with Gasteiger partial charge in [0.2, 0.25) is 5.16 Å². The van der Waals surface area contributed by atoms with Gasteiger partial charge in [-0.25, -0.2) is 4.68 Å². The summed E-state index contributed by atoms with van der Waals surface area (Å²) in [6.07, 6.45) is 5.37. The second-order valence-electron chi connectivity index (χ2n) is 5.31. The van der Waals surface area contributed by atoms with Crippen LogP contribution in [0.25, 0.3) is 0 Å². The zero-order chi connectivity index (χ0) is 12.9. The molecule has 0 amide bonds. The third-order valence-corrected chi connectivity index (χ3v) is 4.61. The highest BCUT2D eigenvalue weighted by atomic mass is 32.2. The van der Waals surface area contributed by atoms with Crippen molar-refractivity contribution >= 4 is 11.8 Å². The minimum atomic E-state index is 0.753. The third kappa shape index (κ3) is 4.15. The van der Waals surface area contributed by atoms with Crippen LogP contribution in [0.3, 0.4) is 0 Å². The number of nitrogens with zero attached hydrogens (tertiary/aromatic N) is 5. The van der Waals surface area contributed by atoms with E-state index in [1.54, 1.807) is 11.8 Å². The molecule has 2 heterocycles. The quantitative estimate of drug-likeness (QED) is 0.705. The number of aromatic nitrogens is 4. The Morgan fingerprint density at radius 3 is 2.84 bits per heavy atom. The van der Waals surface area contributed by atoms with Crippen molar-refractivity contribution in [2.24, 2.45) is 0 Å². The third-order valence-electron chi connectivity index (χ3n) is 3.67. The molecule has 1 N–H and O–H groups in total. The Labute approximate surface area is 118 Å². The van der Waals surface area contributed by atoms with Gasteiger partial charge in [-0.1, -0.05) is 11.8 Å². The van der Waals surface area contributed by atoms with Crippen LogP contribution < -0.4 is 5.32 Å². The first kappa shape index (κ1) is 13.3. The lowest BCUT2D eigenvalue weighted by Crippen LogP contribution is -2.23. The molecule has 106 valence electrons. The van der Waals surface area contributed by atoms with Crippen molar-refractivity contribution in [1.29, 1.82) is 0 Å². The largest absolute Gasteiger partial charge is 0.312 e. The number of thioether (sulfide) groups is 1. The van der Waals surface area contributed by atoms with Crippen LogP contribution in [0, 0.1) is 0 Å². The van der Waals surface area contributed by atoms with Gasteiger partial charge in [0, 0.05) is 24.9 Å². The molecular formula is C12H22N6S. The molecule has 6 nitrogen and oxygen atoms in total. The summed E-state index contributed by atoms with van der Waals surface area (Å²) in [6.45, 7) is 5.51. The van der Waals surface area contributed by atoms with E-state index in [1.165, 1.54) is 38.8 Å². The second kappa shape index (κ2) is 6.67. The lowest BCUT2D eigenvalue weighted by atomic mass is 10.4. The van der Waals surface area contributed by atoms with Crippen LogP contribution in [0.1, 0.15) is 25.7 Å². The molecule has 2 aliphatic rings. The topological polar surface area (TPSA) is 58.9 Å². The molecule has 0 spiro atoms. The predicted octanol–water partition coefficient (Wildman–Crippen LogP) is 0.613. The first-order valence-electron chi connectivity index (χ1n) is 7.26. The van der Waals surface area contributed by atoms with E-state index in [2.05, 4.69) is 25.7 Å². The van der Waals surface area contributed by atoms with Gasteiger partial charge in [-0.3, -0.25) is 0 Å². The summed E-state index contributed by atoms with van der Waals surface area (Å²) in [5.74, 6) is 1.08. The van der Waals surface area contributed by atoms with Crippen LogP contribution in [0.5, 0.6) is 0 Å². The zero-order valence-corrected chi connectivity index (χ0v) is 12.1. The molecule has 0 bridgehead atoms. The monoisotopic (exact) mass is 282 g/mol. The van der Waals surface area contributed by atoms with Gasteiger partial charge in [0.1, 0.15) is 0 Å². The van der Waals surface area contributed by atoms with Crippen molar-refractivity contribution in [1.82, 2.24) is 30.4 Å². The molecule has 0 radical (unpaired) electrons. The SMILES string of the molecule is C1CCN(CCSc2nnnn2CCNC2CC2)C1. The second-order valence-corrected chi connectivity index (χ2v) is 6.37. The van der Waals surface area contributed by atoms with Crippen molar-refractivity contribution in [3.8, 4) is 0 Å². The van der Waals surface area contributed by atoms with Crippen molar-refractivity contribution in [3.63, 3.8) is 0 Å². The van der Waals surface area contributed by atoms with E-state index < -0.39 is 0 Å². The van der Waals surface area contributed by atoms with Gasteiger partial charge in [-0.2, -0.15) is 0 Å². The minimum Gasteiger partial charge on any atom is -0.312 e. The van der Waals surface area contributed by atoms with Gasteiger partial charge in [0.25, 0.3) is 0 Å². The Balaban J connectivity index is 1.37. The lowest BCUT2D eigenvalue weighted by Gasteiger charge is -2.13. The van der Waals surface area contributed by atoms with E-state index in [0.29, 0.717) is 0 Å². The molecule has 19 heavy (non-hydrogen) atoms. The predicted molar refractivity (Wildman–Crippen MR) is 75.2 cm³/mol. The van der Waals surface area contributed by atoms with Crippen LogP contribution in [-0.4, -0.2) is 63.1 Å². The number of rotatable bonds is 8. The molecule has 0 unspecified atom stereocenters. The highest BCUT2D eigenvalue weighted by Gasteiger charge is 2.20. The molecule has 0 atom stereocenters. The van der Waals surface area contributed by atoms with E-state index >= 15 is 0 Å². The number of hydrogen-bond acceptors (Lipinski definition) is 6. The summed E-state index contributed by atoms with van der Waals surface area (Å²) in [6, 6.07) is 0.753. The standard InChI is InChI=1S/C12H22N6S/c1-2-7-17(6-1)9-10-19-12-14-15-16-18(12)8-5-13-11-3-4-11/h11,13H,1-10H2. The Morgan fingerprint density at radius 2 is 2.05 bits per heavy atom. The van der Waals surface area contributed by atoms with E-state index in [1.807, 2.05) is 4.68 Å². The lowest BCUT2D eigenvalue weighted by molar-refractivity contribution is 0.361. The van der Waals surface area contributed by atoms with Crippen molar-refractivity contribution in [2.45, 2.75) is 43.4 Å². The molecule has 3 rings (SSSR count). The van der Waals surface area contributed by atoms with Crippen LogP contribution in [0.2, 0.25) is 0 Å². The molecule has 1 saturated carbocycles. The van der Waals surface area contributed by atoms with Gasteiger partial charge >= 0.3 is 0 Å². The number of hydrogen-bond donors (Lipinski definition) is 1. The zero-order valence-electron chi connectivity index (χ0n) is 11.3. The Kier molecular flexibility index (Phi) is 4.68. The van der Waals surface area contributed by atoms with E-state index in [4.69, 9.17) is 0 Å². The van der Waals surface area contributed by atoms with Gasteiger partial charge in [-0.15, -0.1) is 5.10 Å². The fourth-order valence-corrected chi connectivity index (χ4v) is 3.28. The maximum Gasteiger partial charge on any atom is 0.209 e. The highest BCUT2D eigenvalue weighted by Crippen LogP contribution is 2.18. The number of tetrazole rings is 1. The molecule has 2 fully saturated rings. The maximum absolute atomic E-state index is 4.11. The maximum atomic E-state index is 4.11. The van der Waals surface area contributed by atoms with Gasteiger partial charge < -0.3 is 10.2 Å². The summed E-state index contributed by atoms with van der Waals surface area (Å²) in [4.78, 5) is 2.52. The fourth-order valence-electron chi connectivity index (χ4n) is 2.37. The van der Waals surface area contributed by atoms with Crippen molar-refractivity contribution < 1.29 is 0 Å². The first-order chi connectivity index (χ1) is 9.42. The highest BCUT2D eigenvalue weighted by molar-refractivity contribution is 7.99. The van der Waals surface area contributed by atoms with E-state index in [-0.39, 0.29) is 0 Å². The Hall–Kier alpha value is -0.660. The molecular weight excluding hydrogens is 260 g/mol. The van der Waals surface area contributed by atoms with Crippen LogP contribution >= 0.6 is 11.8 Å². The van der Waals surface area contributed by atoms with Crippen molar-refractivity contribution in [3.05, 3.63) is 0 Å². The molecule has 7 heteroatoms. The average Bonchev–Trinajstić information content (AvgIpc) is 2.90. The summed E-state index contributed by atoms with van der Waals surface area (Å²) in [5.41, 5.74) is 0. The van der Waals surface area contributed by atoms with Gasteiger partial charge in [0.05, 0.1) is 6.54 Å².